The van der Waals surface area contributed by atoms with Gasteiger partial charge in [0, 0.05) is 32.2 Å². The molecule has 0 N–H and O–H groups in total. The summed E-state index contributed by atoms with van der Waals surface area (Å²) in [6.45, 7) is 6.71. The Kier molecular flexibility index (Phi) is 3.61. The van der Waals surface area contributed by atoms with Crippen LogP contribution in [0.2, 0.25) is 0 Å². The first-order chi connectivity index (χ1) is 9.31. The predicted molar refractivity (Wildman–Crippen MR) is 82.8 cm³/mol. The summed E-state index contributed by atoms with van der Waals surface area (Å²) >= 11 is 0. The van der Waals surface area contributed by atoms with Crippen LogP contribution in [0.1, 0.15) is 18.4 Å². The molecule has 0 spiro atoms. The fraction of sp³-hybridized carbons (Fsp3) is 0.533. The van der Waals surface area contributed by atoms with Crippen LogP contribution in [-0.4, -0.2) is 42.1 Å². The lowest BCUT2D eigenvalue weighted by molar-refractivity contribution is 0.249. The Labute approximate surface area is 125 Å². The molecule has 0 unspecified atom stereocenters. The quantitative estimate of drug-likeness (QED) is 0.809. The number of hydrogen-bond acceptors (Lipinski definition) is 4. The van der Waals surface area contributed by atoms with Crippen molar-refractivity contribution >= 4 is 29.5 Å². The Bertz CT molecular complexity index is 604. The van der Waals surface area contributed by atoms with E-state index >= 15 is 0 Å². The third-order valence-corrected chi connectivity index (χ3v) is 4.51. The summed E-state index contributed by atoms with van der Waals surface area (Å²) in [5.74, 6) is 0. The van der Waals surface area contributed by atoms with Crippen LogP contribution in [0.4, 0.5) is 6.01 Å². The average Bonchev–Trinajstić information content (AvgIpc) is 2.64. The molecule has 3 saturated heterocycles. The summed E-state index contributed by atoms with van der Waals surface area (Å²) in [5.41, 5.74) is 3.11. The van der Waals surface area contributed by atoms with Gasteiger partial charge in [0.2, 0.25) is 0 Å². The first-order valence-corrected chi connectivity index (χ1v) is 7.16. The van der Waals surface area contributed by atoms with Crippen molar-refractivity contribution in [1.29, 1.82) is 0 Å². The largest absolute Gasteiger partial charge is 0.423 e. The van der Waals surface area contributed by atoms with E-state index in [0.29, 0.717) is 6.04 Å². The van der Waals surface area contributed by atoms with Gasteiger partial charge in [-0.1, -0.05) is 12.1 Å². The maximum absolute atomic E-state index is 5.99. The number of fused-ring (bicyclic) bond motifs is 5. The number of aromatic nitrogens is 1. The van der Waals surface area contributed by atoms with Gasteiger partial charge in [0.25, 0.3) is 6.01 Å². The van der Waals surface area contributed by atoms with Crippen molar-refractivity contribution in [3.63, 3.8) is 0 Å². The van der Waals surface area contributed by atoms with Crippen molar-refractivity contribution in [2.75, 3.05) is 31.1 Å². The van der Waals surface area contributed by atoms with Gasteiger partial charge in [-0.2, -0.15) is 4.98 Å². The number of para-hydroxylation sites is 1. The Morgan fingerprint density at radius 2 is 1.95 bits per heavy atom. The van der Waals surface area contributed by atoms with Crippen LogP contribution in [0.5, 0.6) is 0 Å². The lowest BCUT2D eigenvalue weighted by atomic mass is 10.1. The van der Waals surface area contributed by atoms with E-state index in [1.165, 1.54) is 31.5 Å². The number of halogens is 1. The lowest BCUT2D eigenvalue weighted by Crippen LogP contribution is -2.38. The lowest BCUT2D eigenvalue weighted by Gasteiger charge is -2.30. The standard InChI is InChI=1S/C15H19N3O.ClH/c1-11-3-2-4-13-14(11)16-15(19-13)18-10-9-17-7-5-12(18)6-8-17;/h2-4,12H,5-10H2,1H3;1H. The monoisotopic (exact) mass is 293 g/mol. The van der Waals surface area contributed by atoms with Crippen molar-refractivity contribution in [3.05, 3.63) is 23.8 Å². The van der Waals surface area contributed by atoms with Gasteiger partial charge in [0.1, 0.15) is 5.52 Å². The number of hydrogen-bond donors (Lipinski definition) is 0. The fourth-order valence-electron chi connectivity index (χ4n) is 3.34. The Hall–Kier alpha value is -1.26. The molecule has 2 aromatic rings. The molecule has 1 aromatic heterocycles. The van der Waals surface area contributed by atoms with Crippen LogP contribution in [0.25, 0.3) is 11.1 Å². The molecule has 2 bridgehead atoms. The second-order valence-corrected chi connectivity index (χ2v) is 5.68. The van der Waals surface area contributed by atoms with E-state index < -0.39 is 0 Å². The van der Waals surface area contributed by atoms with Crippen LogP contribution < -0.4 is 4.90 Å². The predicted octanol–water partition coefficient (Wildman–Crippen LogP) is 2.84. The third-order valence-electron chi connectivity index (χ3n) is 4.51. The minimum atomic E-state index is 0. The van der Waals surface area contributed by atoms with E-state index in [1.807, 2.05) is 12.1 Å². The molecule has 3 aliphatic rings. The topological polar surface area (TPSA) is 32.5 Å². The molecule has 3 aliphatic heterocycles. The Morgan fingerprint density at radius 1 is 1.15 bits per heavy atom. The second-order valence-electron chi connectivity index (χ2n) is 5.68. The molecule has 0 amide bonds. The molecule has 1 aromatic carbocycles. The molecule has 108 valence electrons. The van der Waals surface area contributed by atoms with Crippen molar-refractivity contribution in [2.45, 2.75) is 25.8 Å². The number of benzene rings is 1. The van der Waals surface area contributed by atoms with Crippen molar-refractivity contribution in [2.24, 2.45) is 0 Å². The van der Waals surface area contributed by atoms with Gasteiger partial charge in [-0.3, -0.25) is 0 Å². The molecule has 0 radical (unpaired) electrons. The molecule has 4 nitrogen and oxygen atoms in total. The molecule has 0 aliphatic carbocycles. The number of oxazole rings is 1. The molecular formula is C15H20ClN3O. The second kappa shape index (κ2) is 5.26. The highest BCUT2D eigenvalue weighted by molar-refractivity contribution is 5.85. The molecule has 5 heteroatoms. The maximum atomic E-state index is 5.99. The molecule has 3 fully saturated rings. The van der Waals surface area contributed by atoms with Crippen LogP contribution >= 0.6 is 12.4 Å². The zero-order valence-corrected chi connectivity index (χ0v) is 12.5. The summed E-state index contributed by atoms with van der Waals surface area (Å²) < 4.78 is 5.99. The van der Waals surface area contributed by atoms with Crippen LogP contribution in [0, 0.1) is 6.92 Å². The number of piperidine rings is 1. The maximum Gasteiger partial charge on any atom is 0.298 e. The highest BCUT2D eigenvalue weighted by atomic mass is 35.5. The van der Waals surface area contributed by atoms with E-state index in [4.69, 9.17) is 9.40 Å². The SMILES string of the molecule is Cc1cccc2oc(N3CCN4CCC3CC4)nc12.Cl. The Balaban J connectivity index is 0.00000121. The number of rotatable bonds is 1. The van der Waals surface area contributed by atoms with Gasteiger partial charge in [-0.15, -0.1) is 12.4 Å². The van der Waals surface area contributed by atoms with E-state index in [9.17, 15) is 0 Å². The molecule has 0 saturated carbocycles. The number of anilines is 1. The molecule has 5 rings (SSSR count). The van der Waals surface area contributed by atoms with Gasteiger partial charge in [-0.25, -0.2) is 0 Å². The third kappa shape index (κ3) is 2.17. The van der Waals surface area contributed by atoms with Gasteiger partial charge in [0.15, 0.2) is 5.58 Å². The van der Waals surface area contributed by atoms with Crippen LogP contribution in [0.15, 0.2) is 22.6 Å². The highest BCUT2D eigenvalue weighted by Gasteiger charge is 2.31. The molecular weight excluding hydrogens is 274 g/mol. The van der Waals surface area contributed by atoms with Gasteiger partial charge < -0.3 is 14.2 Å². The summed E-state index contributed by atoms with van der Waals surface area (Å²) in [5, 5.41) is 0. The van der Waals surface area contributed by atoms with Crippen molar-refractivity contribution in [3.8, 4) is 0 Å². The smallest absolute Gasteiger partial charge is 0.298 e. The minimum Gasteiger partial charge on any atom is -0.423 e. The van der Waals surface area contributed by atoms with E-state index in [1.54, 1.807) is 0 Å². The van der Waals surface area contributed by atoms with E-state index in [2.05, 4.69) is 22.8 Å². The molecule has 4 heterocycles. The van der Waals surface area contributed by atoms with Crippen LogP contribution in [0.3, 0.4) is 0 Å². The van der Waals surface area contributed by atoms with Crippen molar-refractivity contribution in [1.82, 2.24) is 9.88 Å². The van der Waals surface area contributed by atoms with Gasteiger partial charge in [-0.05, 0) is 31.4 Å². The summed E-state index contributed by atoms with van der Waals surface area (Å²) in [7, 11) is 0. The number of nitrogens with zero attached hydrogens (tertiary/aromatic N) is 3. The molecule has 0 atom stereocenters. The van der Waals surface area contributed by atoms with Crippen LogP contribution in [-0.2, 0) is 0 Å². The zero-order chi connectivity index (χ0) is 12.8. The minimum absolute atomic E-state index is 0. The Morgan fingerprint density at radius 3 is 2.70 bits per heavy atom. The fourth-order valence-corrected chi connectivity index (χ4v) is 3.34. The highest BCUT2D eigenvalue weighted by Crippen LogP contribution is 2.29. The summed E-state index contributed by atoms with van der Waals surface area (Å²) in [4.78, 5) is 9.66. The first-order valence-electron chi connectivity index (χ1n) is 7.16. The van der Waals surface area contributed by atoms with E-state index in [-0.39, 0.29) is 12.4 Å². The summed E-state index contributed by atoms with van der Waals surface area (Å²) in [6.07, 6.45) is 2.47. The van der Waals surface area contributed by atoms with E-state index in [0.717, 1.165) is 30.2 Å². The zero-order valence-electron chi connectivity index (χ0n) is 11.7. The van der Waals surface area contributed by atoms with Gasteiger partial charge in [0.05, 0.1) is 0 Å². The first kappa shape index (κ1) is 13.7. The number of aryl methyl sites for hydroxylation is 1. The normalized spacial score (nSPS) is 25.6. The molecule has 20 heavy (non-hydrogen) atoms. The average molecular weight is 294 g/mol. The summed E-state index contributed by atoms with van der Waals surface area (Å²) in [6, 6.07) is 7.56. The van der Waals surface area contributed by atoms with Gasteiger partial charge >= 0.3 is 0 Å². The van der Waals surface area contributed by atoms with Crippen molar-refractivity contribution < 1.29 is 4.42 Å².